The molecule has 0 atom stereocenters. The largest absolute Gasteiger partial charge is 0.348 e. The van der Waals surface area contributed by atoms with Crippen molar-refractivity contribution in [2.24, 2.45) is 0 Å². The van der Waals surface area contributed by atoms with E-state index in [-0.39, 0.29) is 11.8 Å². The number of amides is 2. The first-order chi connectivity index (χ1) is 15.5. The van der Waals surface area contributed by atoms with Gasteiger partial charge in [-0.3, -0.25) is 14.5 Å². The van der Waals surface area contributed by atoms with E-state index in [1.165, 1.54) is 5.56 Å². The number of carbonyl (C=O) groups excluding carboxylic acids is 2. The van der Waals surface area contributed by atoms with Crippen LogP contribution in [0.2, 0.25) is 0 Å². The fraction of sp³-hybridized carbons (Fsp3) is 0.259. The van der Waals surface area contributed by atoms with Gasteiger partial charge in [0.25, 0.3) is 11.8 Å². The SMILES string of the molecule is CCN(CC)Cc1ccccc1CNC(=O)c1cccc(NC(=O)c2cccc(C)c2)c1. The van der Waals surface area contributed by atoms with Gasteiger partial charge in [0.1, 0.15) is 0 Å². The molecule has 0 bridgehead atoms. The molecule has 0 radical (unpaired) electrons. The molecule has 5 heteroatoms. The number of nitrogens with zero attached hydrogens (tertiary/aromatic N) is 1. The maximum Gasteiger partial charge on any atom is 0.255 e. The molecule has 32 heavy (non-hydrogen) atoms. The van der Waals surface area contributed by atoms with Crippen molar-refractivity contribution in [2.75, 3.05) is 18.4 Å². The Kier molecular flexibility index (Phi) is 8.17. The quantitative estimate of drug-likeness (QED) is 0.502. The van der Waals surface area contributed by atoms with Crippen LogP contribution in [0.25, 0.3) is 0 Å². The smallest absolute Gasteiger partial charge is 0.255 e. The van der Waals surface area contributed by atoms with Crippen molar-refractivity contribution in [3.63, 3.8) is 0 Å². The predicted octanol–water partition coefficient (Wildman–Crippen LogP) is 5.02. The predicted molar refractivity (Wildman–Crippen MR) is 130 cm³/mol. The Hall–Kier alpha value is -3.44. The molecule has 2 amide bonds. The number of hydrogen-bond donors (Lipinski definition) is 2. The van der Waals surface area contributed by atoms with Crippen LogP contribution in [0.15, 0.2) is 72.8 Å². The zero-order valence-electron chi connectivity index (χ0n) is 19.0. The minimum absolute atomic E-state index is 0.172. The van der Waals surface area contributed by atoms with Gasteiger partial charge in [-0.1, -0.05) is 61.9 Å². The average molecular weight is 430 g/mol. The number of nitrogens with one attached hydrogen (secondary N) is 2. The minimum Gasteiger partial charge on any atom is -0.348 e. The van der Waals surface area contributed by atoms with E-state index in [0.29, 0.717) is 23.4 Å². The summed E-state index contributed by atoms with van der Waals surface area (Å²) in [5.74, 6) is -0.370. The highest BCUT2D eigenvalue weighted by Crippen LogP contribution is 2.15. The summed E-state index contributed by atoms with van der Waals surface area (Å²) in [6.45, 7) is 9.53. The topological polar surface area (TPSA) is 61.4 Å². The molecule has 3 rings (SSSR count). The maximum atomic E-state index is 12.8. The molecule has 0 heterocycles. The van der Waals surface area contributed by atoms with Crippen LogP contribution in [0.5, 0.6) is 0 Å². The van der Waals surface area contributed by atoms with Crippen LogP contribution >= 0.6 is 0 Å². The summed E-state index contributed by atoms with van der Waals surface area (Å²) < 4.78 is 0. The number of benzene rings is 3. The Balaban J connectivity index is 1.65. The summed E-state index contributed by atoms with van der Waals surface area (Å²) in [4.78, 5) is 27.6. The molecule has 0 aliphatic rings. The highest BCUT2D eigenvalue weighted by molar-refractivity contribution is 6.05. The molecule has 0 saturated heterocycles. The molecule has 0 aromatic heterocycles. The molecule has 0 aliphatic carbocycles. The van der Waals surface area contributed by atoms with Gasteiger partial charge in [0.15, 0.2) is 0 Å². The molecule has 0 unspecified atom stereocenters. The molecular formula is C27H31N3O2. The Bertz CT molecular complexity index is 1070. The second kappa shape index (κ2) is 11.3. The molecule has 0 spiro atoms. The molecule has 2 N–H and O–H groups in total. The highest BCUT2D eigenvalue weighted by atomic mass is 16.2. The Morgan fingerprint density at radius 3 is 2.12 bits per heavy atom. The van der Waals surface area contributed by atoms with Crippen LogP contribution in [0, 0.1) is 6.92 Å². The summed E-state index contributed by atoms with van der Waals surface area (Å²) in [5, 5.41) is 5.89. The van der Waals surface area contributed by atoms with Crippen LogP contribution < -0.4 is 10.6 Å². The van der Waals surface area contributed by atoms with Crippen molar-refractivity contribution in [1.82, 2.24) is 10.2 Å². The Morgan fingerprint density at radius 2 is 1.44 bits per heavy atom. The molecule has 166 valence electrons. The summed E-state index contributed by atoms with van der Waals surface area (Å²) in [5.41, 5.74) is 5.03. The highest BCUT2D eigenvalue weighted by Gasteiger charge is 2.11. The summed E-state index contributed by atoms with van der Waals surface area (Å²) >= 11 is 0. The monoisotopic (exact) mass is 429 g/mol. The summed E-state index contributed by atoms with van der Waals surface area (Å²) in [6, 6.07) is 22.6. The Morgan fingerprint density at radius 1 is 0.781 bits per heavy atom. The molecule has 3 aromatic carbocycles. The van der Waals surface area contributed by atoms with Crippen LogP contribution in [-0.4, -0.2) is 29.8 Å². The normalized spacial score (nSPS) is 10.8. The van der Waals surface area contributed by atoms with Crippen molar-refractivity contribution in [3.05, 3.63) is 101 Å². The number of rotatable bonds is 9. The maximum absolute atomic E-state index is 12.8. The summed E-state index contributed by atoms with van der Waals surface area (Å²) in [6.07, 6.45) is 0. The zero-order valence-corrected chi connectivity index (χ0v) is 19.0. The Labute approximate surface area is 190 Å². The first-order valence-electron chi connectivity index (χ1n) is 11.1. The van der Waals surface area contributed by atoms with Crippen molar-refractivity contribution in [2.45, 2.75) is 33.9 Å². The van der Waals surface area contributed by atoms with E-state index in [9.17, 15) is 9.59 Å². The molecule has 0 saturated carbocycles. The second-order valence-electron chi connectivity index (χ2n) is 7.82. The van der Waals surface area contributed by atoms with Gasteiger partial charge in [-0.15, -0.1) is 0 Å². The second-order valence-corrected chi connectivity index (χ2v) is 7.82. The molecule has 0 fully saturated rings. The lowest BCUT2D eigenvalue weighted by Gasteiger charge is -2.20. The molecule has 0 aliphatic heterocycles. The number of hydrogen-bond acceptors (Lipinski definition) is 3. The van der Waals surface area contributed by atoms with Gasteiger partial charge in [-0.2, -0.15) is 0 Å². The molecule has 5 nitrogen and oxygen atoms in total. The van der Waals surface area contributed by atoms with E-state index < -0.39 is 0 Å². The first kappa shape index (κ1) is 23.2. The van der Waals surface area contributed by atoms with Crippen LogP contribution in [0.1, 0.15) is 51.3 Å². The van der Waals surface area contributed by atoms with Gasteiger partial charge in [0, 0.05) is 29.9 Å². The van der Waals surface area contributed by atoms with E-state index in [1.807, 2.05) is 37.3 Å². The number of anilines is 1. The first-order valence-corrected chi connectivity index (χ1v) is 11.1. The minimum atomic E-state index is -0.198. The van der Waals surface area contributed by atoms with Crippen molar-refractivity contribution in [3.8, 4) is 0 Å². The lowest BCUT2D eigenvalue weighted by Crippen LogP contribution is -2.26. The van der Waals surface area contributed by atoms with Gasteiger partial charge < -0.3 is 10.6 Å². The third kappa shape index (κ3) is 6.28. The van der Waals surface area contributed by atoms with Crippen LogP contribution in [-0.2, 0) is 13.1 Å². The third-order valence-electron chi connectivity index (χ3n) is 5.51. The van der Waals surface area contributed by atoms with E-state index in [1.54, 1.807) is 30.3 Å². The van der Waals surface area contributed by atoms with Gasteiger partial charge >= 0.3 is 0 Å². The lowest BCUT2D eigenvalue weighted by atomic mass is 10.1. The van der Waals surface area contributed by atoms with Gasteiger partial charge in [0.05, 0.1) is 0 Å². The van der Waals surface area contributed by atoms with E-state index in [0.717, 1.165) is 30.8 Å². The fourth-order valence-corrected chi connectivity index (χ4v) is 3.58. The average Bonchev–Trinajstić information content (AvgIpc) is 2.81. The van der Waals surface area contributed by atoms with Gasteiger partial charge in [-0.05, 0) is 61.5 Å². The van der Waals surface area contributed by atoms with E-state index in [4.69, 9.17) is 0 Å². The van der Waals surface area contributed by atoms with Crippen LogP contribution in [0.3, 0.4) is 0 Å². The van der Waals surface area contributed by atoms with Crippen molar-refractivity contribution >= 4 is 17.5 Å². The third-order valence-corrected chi connectivity index (χ3v) is 5.51. The van der Waals surface area contributed by atoms with E-state index >= 15 is 0 Å². The standard InChI is InChI=1S/C27H31N3O2/c1-4-30(5-2)19-24-12-7-6-11-23(24)18-28-26(31)22-14-9-15-25(17-22)29-27(32)21-13-8-10-20(3)16-21/h6-17H,4-5,18-19H2,1-3H3,(H,28,31)(H,29,32). The fourth-order valence-electron chi connectivity index (χ4n) is 3.58. The molecule has 3 aromatic rings. The lowest BCUT2D eigenvalue weighted by molar-refractivity contribution is 0.0949. The van der Waals surface area contributed by atoms with Gasteiger partial charge in [-0.25, -0.2) is 0 Å². The number of aryl methyl sites for hydroxylation is 1. The summed E-state index contributed by atoms with van der Waals surface area (Å²) in [7, 11) is 0. The zero-order chi connectivity index (χ0) is 22.9. The van der Waals surface area contributed by atoms with Crippen LogP contribution in [0.4, 0.5) is 5.69 Å². The number of carbonyl (C=O) groups is 2. The van der Waals surface area contributed by atoms with Gasteiger partial charge in [0.2, 0.25) is 0 Å². The molecular weight excluding hydrogens is 398 g/mol. The van der Waals surface area contributed by atoms with E-state index in [2.05, 4.69) is 41.5 Å². The van der Waals surface area contributed by atoms with Crippen molar-refractivity contribution < 1.29 is 9.59 Å². The van der Waals surface area contributed by atoms with Crippen molar-refractivity contribution in [1.29, 1.82) is 0 Å².